The van der Waals surface area contributed by atoms with Crippen molar-refractivity contribution in [1.29, 1.82) is 0 Å². The average molecular weight is 1250 g/mol. The molecule has 4 nitrogen and oxygen atoms in total. The van der Waals surface area contributed by atoms with Gasteiger partial charge in [-0.1, -0.05) is 346 Å². The number of rotatable bonds is 14. The molecule has 13 aromatic carbocycles. The Hall–Kier alpha value is -11.5. The maximum Gasteiger partial charge on any atom is 0.179 e. The van der Waals surface area contributed by atoms with Crippen molar-refractivity contribution >= 4 is 91.0 Å². The molecule has 94 heavy (non-hydrogen) atoms. The van der Waals surface area contributed by atoms with Crippen molar-refractivity contribution in [2.75, 3.05) is 4.90 Å². The Morgan fingerprint density at radius 2 is 0.745 bits per heavy atom. The van der Waals surface area contributed by atoms with E-state index in [4.69, 9.17) is 18.2 Å². The number of aromatic nitrogens is 3. The van der Waals surface area contributed by atoms with Crippen LogP contribution in [0.25, 0.3) is 72.4 Å². The van der Waals surface area contributed by atoms with Crippen LogP contribution in [0, 0.1) is 0 Å². The molecule has 0 bridgehead atoms. The molecule has 2 unspecified atom stereocenters. The highest BCUT2D eigenvalue weighted by Gasteiger charge is 2.47. The standard InChI is InChI=1S/C88H64N4Si2/c1-8-30-63(31-9-1)66-36-28-46-74(56-66)93(70-38-14-4-15-39-70,71-40-16-5-17-41-71)76-58-69(59-77(61-76)94(72-42-18-6-19-43-72,73-44-20-7-21-45-73)75-47-29-37-67(57-75)64-32-10-2-11-33-64)88-89-86(91-82-51-25-22-48-78(82)79-49-23-26-52-83(79)91)62-87(90-88)92-84-53-27-24-50-80(84)81-60-68(54-55-85(81)92)65-34-12-3-13-35-65/h1-62,80,84H/i1D,2D,8D,9D,10D,11D,30D,31D,32D,33D,58D,59D,61D. The van der Waals surface area contributed by atoms with Crippen LogP contribution in [-0.4, -0.2) is 36.7 Å². The summed E-state index contributed by atoms with van der Waals surface area (Å²) in [4.78, 5) is 13.9. The minimum atomic E-state index is -4.49. The van der Waals surface area contributed by atoms with Gasteiger partial charge < -0.3 is 4.90 Å². The van der Waals surface area contributed by atoms with E-state index in [0.717, 1.165) is 44.2 Å². The number of nitrogens with zero attached hydrogens (tertiary/aromatic N) is 4. The highest BCUT2D eigenvalue weighted by atomic mass is 28.3. The van der Waals surface area contributed by atoms with Crippen molar-refractivity contribution in [1.82, 2.24) is 14.5 Å². The molecule has 0 amide bonds. The summed E-state index contributed by atoms with van der Waals surface area (Å²) in [5.74, 6) is 0.762. The van der Waals surface area contributed by atoms with Gasteiger partial charge in [0.2, 0.25) is 0 Å². The first-order valence-corrected chi connectivity index (χ1v) is 35.5. The second kappa shape index (κ2) is 23.9. The molecule has 0 N–H and O–H groups in total. The minimum Gasteiger partial charge on any atom is -0.318 e. The van der Waals surface area contributed by atoms with Crippen LogP contribution in [0.4, 0.5) is 11.5 Å². The molecule has 0 radical (unpaired) electrons. The lowest BCUT2D eigenvalue weighted by Gasteiger charge is -2.38. The van der Waals surface area contributed by atoms with Crippen molar-refractivity contribution < 1.29 is 17.8 Å². The van der Waals surface area contributed by atoms with E-state index in [2.05, 4.69) is 88.4 Å². The molecule has 2 aromatic heterocycles. The molecule has 0 saturated carbocycles. The SMILES string of the molecule is [2H]c1c([2H])c([2H])c(-c2cccc([Si](c3ccccc3)(c3ccccc3)c3c([2H])c(-c4nc(N5c6ccc(-c7ccccc7)cc6C6C=CC=CC65)cc(-n5c6ccccc6c6ccccc65)n4)c([2H])c([Si](c4ccccc4)(c4ccccc4)c4cccc(-c5c([2H])c([2H])c([2H])c([2H])c5[2H])c4)c3[2H])c2)c([2H])c1[2H]. The van der Waals surface area contributed by atoms with Crippen LogP contribution in [-0.2, 0) is 0 Å². The zero-order valence-electron chi connectivity index (χ0n) is 63.7. The first-order chi connectivity index (χ1) is 52.0. The fraction of sp³-hybridized carbons (Fsp3) is 0.0227. The van der Waals surface area contributed by atoms with Gasteiger partial charge in [-0.2, -0.15) is 0 Å². The molecule has 0 fully saturated rings. The largest absolute Gasteiger partial charge is 0.318 e. The summed E-state index contributed by atoms with van der Waals surface area (Å²) in [6.45, 7) is 0. The number of hydrogen-bond donors (Lipinski definition) is 0. The van der Waals surface area contributed by atoms with Gasteiger partial charge >= 0.3 is 0 Å². The molecule has 17 rings (SSSR count). The van der Waals surface area contributed by atoms with E-state index >= 15 is 0 Å². The normalized spacial score (nSPS) is 16.2. The number of para-hydroxylation sites is 2. The molecule has 2 atom stereocenters. The monoisotopic (exact) mass is 1250 g/mol. The number of allylic oxidation sites excluding steroid dienone is 2. The molecular formula is C88H64N4Si2. The summed E-state index contributed by atoms with van der Waals surface area (Å²) < 4.78 is 129. The average Bonchev–Trinajstić information content (AvgIpc) is 1.40. The highest BCUT2D eigenvalue weighted by molar-refractivity contribution is 7.22. The fourth-order valence-electron chi connectivity index (χ4n) is 14.5. The quantitative estimate of drug-likeness (QED) is 0.0804. The number of hydrogen-bond acceptors (Lipinski definition) is 3. The van der Waals surface area contributed by atoms with Gasteiger partial charge in [-0.3, -0.25) is 4.57 Å². The van der Waals surface area contributed by atoms with Crippen LogP contribution < -0.4 is 46.4 Å². The second-order valence-electron chi connectivity index (χ2n) is 23.7. The van der Waals surface area contributed by atoms with Crippen LogP contribution >= 0.6 is 0 Å². The summed E-state index contributed by atoms with van der Waals surface area (Å²) in [5, 5.41) is 6.40. The maximum atomic E-state index is 12.0. The topological polar surface area (TPSA) is 34.0 Å². The van der Waals surface area contributed by atoms with Crippen LogP contribution in [0.15, 0.2) is 376 Å². The van der Waals surface area contributed by atoms with E-state index in [9.17, 15) is 9.60 Å². The molecule has 0 spiro atoms. The van der Waals surface area contributed by atoms with Gasteiger partial charge in [-0.05, 0) is 105 Å². The molecule has 0 saturated heterocycles. The number of anilines is 2. The van der Waals surface area contributed by atoms with Crippen molar-refractivity contribution in [2.45, 2.75) is 12.0 Å². The molecule has 1 aliphatic carbocycles. The Bertz CT molecular complexity index is 5750. The molecule has 444 valence electrons. The lowest BCUT2D eigenvalue weighted by Crippen LogP contribution is -2.78. The van der Waals surface area contributed by atoms with E-state index in [0.29, 0.717) is 53.9 Å². The molecule has 3 heterocycles. The molecule has 15 aromatic rings. The van der Waals surface area contributed by atoms with E-state index in [1.807, 2.05) is 194 Å². The van der Waals surface area contributed by atoms with Crippen LogP contribution in [0.1, 0.15) is 29.3 Å². The van der Waals surface area contributed by atoms with Gasteiger partial charge in [0.25, 0.3) is 0 Å². The lowest BCUT2D eigenvalue weighted by molar-refractivity contribution is 0.737. The Labute approximate surface area is 569 Å². The zero-order valence-corrected chi connectivity index (χ0v) is 52.7. The Balaban J connectivity index is 1.08. The molecule has 1 aliphatic heterocycles. The van der Waals surface area contributed by atoms with Gasteiger partial charge in [-0.15, -0.1) is 0 Å². The Morgan fingerprint density at radius 1 is 0.319 bits per heavy atom. The predicted molar refractivity (Wildman–Crippen MR) is 399 cm³/mol. The number of benzene rings is 13. The van der Waals surface area contributed by atoms with Crippen molar-refractivity contribution in [3.05, 3.63) is 381 Å². The minimum absolute atomic E-state index is 0.000340. The summed E-state index contributed by atoms with van der Waals surface area (Å²) in [5.41, 5.74) is 6.30. The van der Waals surface area contributed by atoms with Crippen LogP contribution in [0.5, 0.6) is 0 Å². The van der Waals surface area contributed by atoms with Crippen molar-refractivity contribution in [2.24, 2.45) is 0 Å². The van der Waals surface area contributed by atoms with Gasteiger partial charge in [-0.25, -0.2) is 9.97 Å². The zero-order chi connectivity index (χ0) is 73.7. The van der Waals surface area contributed by atoms with Gasteiger partial charge in [0.1, 0.15) is 11.6 Å². The first kappa shape index (κ1) is 44.0. The third-order valence-corrected chi connectivity index (χ3v) is 27.8. The van der Waals surface area contributed by atoms with Gasteiger partial charge in [0, 0.05) is 34.0 Å². The molecule has 2 aliphatic rings. The summed E-state index contributed by atoms with van der Waals surface area (Å²) in [6, 6.07) is 83.1. The molecular weight excluding hydrogens is 1170 g/mol. The van der Waals surface area contributed by atoms with Crippen molar-refractivity contribution in [3.8, 4) is 50.6 Å². The smallest absolute Gasteiger partial charge is 0.179 e. The van der Waals surface area contributed by atoms with E-state index in [-0.39, 0.29) is 63.0 Å². The fourth-order valence-corrected chi connectivity index (χ4v) is 23.9. The number of fused-ring (bicyclic) bond motifs is 6. The van der Waals surface area contributed by atoms with Gasteiger partial charge in [0.05, 0.1) is 34.9 Å². The Kier molecular flexibility index (Phi) is 11.2. The Morgan fingerprint density at radius 3 is 1.26 bits per heavy atom. The summed E-state index contributed by atoms with van der Waals surface area (Å²) in [7, 11) is -8.98. The van der Waals surface area contributed by atoms with Crippen LogP contribution in [0.2, 0.25) is 0 Å². The highest BCUT2D eigenvalue weighted by Crippen LogP contribution is 2.49. The maximum absolute atomic E-state index is 12.0. The van der Waals surface area contributed by atoms with E-state index < -0.39 is 76.6 Å². The van der Waals surface area contributed by atoms with E-state index in [1.165, 1.54) is 0 Å². The summed E-state index contributed by atoms with van der Waals surface area (Å²) >= 11 is 0. The second-order valence-corrected chi connectivity index (χ2v) is 31.2. The predicted octanol–water partition coefficient (Wildman–Crippen LogP) is 15.7. The van der Waals surface area contributed by atoms with Crippen molar-refractivity contribution in [3.63, 3.8) is 0 Å². The first-order valence-electron chi connectivity index (χ1n) is 38.0. The molecule has 6 heteroatoms. The lowest BCUT2D eigenvalue weighted by atomic mass is 9.90. The van der Waals surface area contributed by atoms with E-state index in [1.54, 1.807) is 24.3 Å². The van der Waals surface area contributed by atoms with Crippen LogP contribution in [0.3, 0.4) is 0 Å². The summed E-state index contributed by atoms with van der Waals surface area (Å²) in [6.07, 6.45) is 8.53. The third kappa shape index (κ3) is 9.56. The van der Waals surface area contributed by atoms with Gasteiger partial charge in [0.15, 0.2) is 22.0 Å². The third-order valence-electron chi connectivity index (χ3n) is 18.6.